The molecule has 0 fully saturated rings. The van der Waals surface area contributed by atoms with E-state index in [-0.39, 0.29) is 5.78 Å². The molecule has 0 aliphatic heterocycles. The van der Waals surface area contributed by atoms with Crippen LogP contribution in [-0.2, 0) is 7.05 Å². The Bertz CT molecular complexity index is 479. The summed E-state index contributed by atoms with van der Waals surface area (Å²) in [5.41, 5.74) is 0. The Hall–Kier alpha value is -1.45. The van der Waals surface area contributed by atoms with E-state index in [4.69, 9.17) is 0 Å². The molecule has 1 rings (SSSR count). The van der Waals surface area contributed by atoms with Gasteiger partial charge >= 0.3 is 0 Å². The van der Waals surface area contributed by atoms with Gasteiger partial charge in [-0.05, 0) is 32.1 Å². The van der Waals surface area contributed by atoms with Crippen molar-refractivity contribution in [2.45, 2.75) is 96.8 Å². The van der Waals surface area contributed by atoms with Crippen molar-refractivity contribution >= 4 is 5.78 Å². The number of rotatable bonds is 16. The number of carbonyl (C=O) groups excluding carboxylic acids is 1. The fourth-order valence-electron chi connectivity index (χ4n) is 3.02. The second kappa shape index (κ2) is 14.9. The second-order valence-corrected chi connectivity index (χ2v) is 6.96. The van der Waals surface area contributed by atoms with Crippen LogP contribution >= 0.6 is 0 Å². The third kappa shape index (κ3) is 10.9. The predicted molar refractivity (Wildman–Crippen MR) is 105 cm³/mol. The molecular formula is C21H37N3O. The Balaban J connectivity index is 1.85. The highest BCUT2D eigenvalue weighted by molar-refractivity contribution is 5.92. The van der Waals surface area contributed by atoms with Crippen molar-refractivity contribution in [3.8, 4) is 0 Å². The minimum absolute atomic E-state index is 0.109. The zero-order chi connectivity index (χ0) is 18.2. The lowest BCUT2D eigenvalue weighted by atomic mass is 10.1. The predicted octanol–water partition coefficient (Wildman–Crippen LogP) is 6.04. The normalized spacial score (nSPS) is 11.4. The topological polar surface area (TPSA) is 47.8 Å². The van der Waals surface area contributed by atoms with Gasteiger partial charge in [0.2, 0.25) is 0 Å². The van der Waals surface area contributed by atoms with Crippen LogP contribution in [0.4, 0.5) is 0 Å². The standard InChI is InChI=1S/C21H37N3O/c1-3-4-5-6-7-8-9-10-11-12-13-14-15-16-17-18-20(25)21-22-19-23-24(21)2/h10-11,19H,3-9,12-18H2,1-2H3/b11-10-. The molecular weight excluding hydrogens is 310 g/mol. The number of ketones is 1. The molecule has 0 radical (unpaired) electrons. The van der Waals surface area contributed by atoms with Crippen LogP contribution < -0.4 is 0 Å². The van der Waals surface area contributed by atoms with Gasteiger partial charge in [0.25, 0.3) is 0 Å². The molecule has 0 unspecified atom stereocenters. The summed E-state index contributed by atoms with van der Waals surface area (Å²) in [6.07, 6.45) is 23.3. The minimum atomic E-state index is 0.109. The number of Topliss-reactive ketones (excluding diaryl/α,β-unsaturated/α-hetero) is 1. The molecule has 0 aliphatic rings. The summed E-state index contributed by atoms with van der Waals surface area (Å²) in [4.78, 5) is 15.9. The van der Waals surface area contributed by atoms with Gasteiger partial charge in [0, 0.05) is 13.5 Å². The van der Waals surface area contributed by atoms with E-state index < -0.39 is 0 Å². The molecule has 0 amide bonds. The first-order chi connectivity index (χ1) is 12.3. The summed E-state index contributed by atoms with van der Waals surface area (Å²) in [6, 6.07) is 0. The van der Waals surface area contributed by atoms with Crippen LogP contribution in [0.15, 0.2) is 18.5 Å². The molecule has 0 N–H and O–H groups in total. The van der Waals surface area contributed by atoms with Crippen molar-refractivity contribution in [3.63, 3.8) is 0 Å². The maximum Gasteiger partial charge on any atom is 0.199 e. The monoisotopic (exact) mass is 347 g/mol. The molecule has 0 aromatic carbocycles. The van der Waals surface area contributed by atoms with Crippen LogP contribution in [0, 0.1) is 0 Å². The fourth-order valence-corrected chi connectivity index (χ4v) is 3.02. The number of hydrogen-bond acceptors (Lipinski definition) is 3. The second-order valence-electron chi connectivity index (χ2n) is 6.96. The molecule has 142 valence electrons. The number of carbonyl (C=O) groups is 1. The summed E-state index contributed by atoms with van der Waals surface area (Å²) >= 11 is 0. The van der Waals surface area contributed by atoms with E-state index in [1.807, 2.05) is 0 Å². The van der Waals surface area contributed by atoms with E-state index in [1.165, 1.54) is 77.0 Å². The molecule has 0 saturated heterocycles. The van der Waals surface area contributed by atoms with E-state index in [9.17, 15) is 4.79 Å². The summed E-state index contributed by atoms with van der Waals surface area (Å²) < 4.78 is 1.56. The highest BCUT2D eigenvalue weighted by Crippen LogP contribution is 2.11. The number of aryl methyl sites for hydroxylation is 1. The van der Waals surface area contributed by atoms with Gasteiger partial charge in [-0.15, -0.1) is 0 Å². The maximum atomic E-state index is 11.9. The third-order valence-electron chi connectivity index (χ3n) is 4.63. The first-order valence-corrected chi connectivity index (χ1v) is 10.3. The molecule has 4 heteroatoms. The van der Waals surface area contributed by atoms with E-state index in [0.29, 0.717) is 12.2 Å². The number of nitrogens with zero attached hydrogens (tertiary/aromatic N) is 3. The molecule has 0 bridgehead atoms. The average molecular weight is 348 g/mol. The van der Waals surface area contributed by atoms with Crippen LogP contribution in [0.1, 0.15) is 107 Å². The average Bonchev–Trinajstić information content (AvgIpc) is 3.04. The number of allylic oxidation sites excluding steroid dienone is 2. The summed E-state index contributed by atoms with van der Waals surface area (Å²) in [6.45, 7) is 2.27. The third-order valence-corrected chi connectivity index (χ3v) is 4.63. The molecule has 0 aliphatic carbocycles. The molecule has 4 nitrogen and oxygen atoms in total. The lowest BCUT2D eigenvalue weighted by Crippen LogP contribution is -2.08. The zero-order valence-electron chi connectivity index (χ0n) is 16.4. The van der Waals surface area contributed by atoms with Crippen LogP contribution in [0.2, 0.25) is 0 Å². The molecule has 0 spiro atoms. The van der Waals surface area contributed by atoms with Crippen molar-refractivity contribution in [1.82, 2.24) is 14.8 Å². The van der Waals surface area contributed by atoms with Crippen molar-refractivity contribution < 1.29 is 4.79 Å². The van der Waals surface area contributed by atoms with Gasteiger partial charge in [0.1, 0.15) is 6.33 Å². The van der Waals surface area contributed by atoms with Gasteiger partial charge in [-0.2, -0.15) is 5.10 Å². The Morgan fingerprint density at radius 3 is 2.04 bits per heavy atom. The van der Waals surface area contributed by atoms with E-state index in [1.54, 1.807) is 11.7 Å². The van der Waals surface area contributed by atoms with Crippen LogP contribution in [0.3, 0.4) is 0 Å². The largest absolute Gasteiger partial charge is 0.291 e. The highest BCUT2D eigenvalue weighted by Gasteiger charge is 2.10. The molecule has 1 aromatic heterocycles. The van der Waals surface area contributed by atoms with E-state index in [2.05, 4.69) is 29.2 Å². The van der Waals surface area contributed by atoms with Crippen molar-refractivity contribution in [2.75, 3.05) is 0 Å². The fraction of sp³-hybridized carbons (Fsp3) is 0.762. The molecule has 0 saturated carbocycles. The first kappa shape index (κ1) is 21.6. The molecule has 1 heterocycles. The molecule has 1 aromatic rings. The smallest absolute Gasteiger partial charge is 0.199 e. The number of hydrogen-bond donors (Lipinski definition) is 0. The van der Waals surface area contributed by atoms with Gasteiger partial charge < -0.3 is 0 Å². The molecule has 25 heavy (non-hydrogen) atoms. The Kier molecular flexibility index (Phi) is 12.8. The van der Waals surface area contributed by atoms with Crippen molar-refractivity contribution in [3.05, 3.63) is 24.3 Å². The van der Waals surface area contributed by atoms with Crippen LogP contribution in [-0.4, -0.2) is 20.5 Å². The zero-order valence-corrected chi connectivity index (χ0v) is 16.4. The quantitative estimate of drug-likeness (QED) is 0.208. The molecule has 0 atom stereocenters. The summed E-state index contributed by atoms with van der Waals surface area (Å²) in [5, 5.41) is 3.94. The van der Waals surface area contributed by atoms with Gasteiger partial charge in [-0.1, -0.05) is 70.4 Å². The lowest BCUT2D eigenvalue weighted by Gasteiger charge is -2.01. The number of aromatic nitrogens is 3. The lowest BCUT2D eigenvalue weighted by molar-refractivity contribution is 0.0965. The van der Waals surface area contributed by atoms with E-state index >= 15 is 0 Å². The van der Waals surface area contributed by atoms with Gasteiger partial charge in [-0.3, -0.25) is 4.79 Å². The Labute approximate surface area is 154 Å². The van der Waals surface area contributed by atoms with Gasteiger partial charge in [0.05, 0.1) is 0 Å². The first-order valence-electron chi connectivity index (χ1n) is 10.3. The van der Waals surface area contributed by atoms with Crippen molar-refractivity contribution in [1.29, 1.82) is 0 Å². The summed E-state index contributed by atoms with van der Waals surface area (Å²) in [7, 11) is 1.76. The maximum absolute atomic E-state index is 11.9. The van der Waals surface area contributed by atoms with Gasteiger partial charge in [-0.25, -0.2) is 9.67 Å². The Morgan fingerprint density at radius 2 is 1.48 bits per heavy atom. The van der Waals surface area contributed by atoms with Crippen LogP contribution in [0.5, 0.6) is 0 Å². The van der Waals surface area contributed by atoms with E-state index in [0.717, 1.165) is 12.8 Å². The van der Waals surface area contributed by atoms with Crippen LogP contribution in [0.25, 0.3) is 0 Å². The Morgan fingerprint density at radius 1 is 0.920 bits per heavy atom. The number of unbranched alkanes of at least 4 members (excludes halogenated alkanes) is 11. The highest BCUT2D eigenvalue weighted by atomic mass is 16.1. The van der Waals surface area contributed by atoms with Crippen molar-refractivity contribution in [2.24, 2.45) is 7.05 Å². The van der Waals surface area contributed by atoms with Gasteiger partial charge in [0.15, 0.2) is 11.6 Å². The summed E-state index contributed by atoms with van der Waals surface area (Å²) in [5.74, 6) is 0.591. The SMILES string of the molecule is CCCCCCCC/C=C\CCCCCCCC(=O)c1ncnn1C. The minimum Gasteiger partial charge on any atom is -0.291 e.